The monoisotopic (exact) mass is 266 g/mol. The van der Waals surface area contributed by atoms with Crippen molar-refractivity contribution in [2.45, 2.75) is 26.2 Å². The topological polar surface area (TPSA) is 69.7 Å². The summed E-state index contributed by atoms with van der Waals surface area (Å²) in [6.07, 6.45) is 0.966. The quantitative estimate of drug-likeness (QED) is 0.427. The molecule has 0 unspecified atom stereocenters. The molecule has 0 aromatic carbocycles. The highest BCUT2D eigenvalue weighted by Crippen LogP contribution is 2.63. The maximum atomic E-state index is 12.2. The number of fused-ring (bicyclic) bond motifs is 1. The smallest absolute Gasteiger partial charge is 0.323 e. The SMILES string of the molecule is C=C1CC(C(=O)OC)(C(=O)OC)[C@H]2CCC(=O)[C@@]12C. The number of esters is 2. The highest BCUT2D eigenvalue weighted by molar-refractivity contribution is 6.05. The van der Waals surface area contributed by atoms with Crippen LogP contribution in [0.1, 0.15) is 26.2 Å². The standard InChI is InChI=1S/C14H18O5/c1-8-7-14(11(16)18-3,12(17)19-4)9-5-6-10(15)13(8,9)2/h9H,1,5-7H2,2-4H3/t9-,13-/m0/s1. The Morgan fingerprint density at radius 3 is 2.26 bits per heavy atom. The van der Waals surface area contributed by atoms with Gasteiger partial charge in [0.25, 0.3) is 0 Å². The fourth-order valence-electron chi connectivity index (χ4n) is 3.72. The Bertz CT molecular complexity index is 462. The van der Waals surface area contributed by atoms with E-state index in [0.29, 0.717) is 18.4 Å². The third-order valence-electron chi connectivity index (χ3n) is 4.86. The molecule has 2 aliphatic carbocycles. The van der Waals surface area contributed by atoms with Gasteiger partial charge in [-0.25, -0.2) is 0 Å². The van der Waals surface area contributed by atoms with Gasteiger partial charge >= 0.3 is 11.9 Å². The molecule has 2 atom stereocenters. The molecule has 0 spiro atoms. The molecule has 0 amide bonds. The van der Waals surface area contributed by atoms with Crippen molar-refractivity contribution in [3.05, 3.63) is 12.2 Å². The van der Waals surface area contributed by atoms with Gasteiger partial charge in [-0.1, -0.05) is 12.2 Å². The van der Waals surface area contributed by atoms with Gasteiger partial charge in [-0.3, -0.25) is 14.4 Å². The van der Waals surface area contributed by atoms with Crippen LogP contribution in [0.3, 0.4) is 0 Å². The Morgan fingerprint density at radius 2 is 1.79 bits per heavy atom. The lowest BCUT2D eigenvalue weighted by Gasteiger charge is -2.31. The van der Waals surface area contributed by atoms with Gasteiger partial charge in [0.05, 0.1) is 19.6 Å². The number of hydrogen-bond donors (Lipinski definition) is 0. The van der Waals surface area contributed by atoms with E-state index in [1.54, 1.807) is 6.92 Å². The van der Waals surface area contributed by atoms with Gasteiger partial charge in [0.2, 0.25) is 0 Å². The Kier molecular flexibility index (Phi) is 3.03. The van der Waals surface area contributed by atoms with Crippen LogP contribution in [-0.4, -0.2) is 31.9 Å². The Balaban J connectivity index is 2.59. The summed E-state index contributed by atoms with van der Waals surface area (Å²) < 4.78 is 9.61. The van der Waals surface area contributed by atoms with Crippen molar-refractivity contribution in [2.75, 3.05) is 14.2 Å². The molecule has 104 valence electrons. The minimum Gasteiger partial charge on any atom is -0.468 e. The molecule has 0 aromatic heterocycles. The Morgan fingerprint density at radius 1 is 1.26 bits per heavy atom. The van der Waals surface area contributed by atoms with E-state index in [1.165, 1.54) is 14.2 Å². The van der Waals surface area contributed by atoms with Crippen molar-refractivity contribution >= 4 is 17.7 Å². The number of hydrogen-bond acceptors (Lipinski definition) is 5. The molecule has 0 saturated heterocycles. The van der Waals surface area contributed by atoms with Crippen LogP contribution >= 0.6 is 0 Å². The Labute approximate surface area is 111 Å². The van der Waals surface area contributed by atoms with E-state index in [-0.39, 0.29) is 12.2 Å². The highest BCUT2D eigenvalue weighted by atomic mass is 16.5. The molecule has 0 N–H and O–H groups in total. The van der Waals surface area contributed by atoms with Crippen molar-refractivity contribution < 1.29 is 23.9 Å². The van der Waals surface area contributed by atoms with Crippen LogP contribution in [0.4, 0.5) is 0 Å². The first-order chi connectivity index (χ1) is 8.85. The van der Waals surface area contributed by atoms with E-state index in [1.807, 2.05) is 0 Å². The molecular weight excluding hydrogens is 248 g/mol. The van der Waals surface area contributed by atoms with Crippen LogP contribution in [0.5, 0.6) is 0 Å². The molecule has 0 bridgehead atoms. The second-order valence-electron chi connectivity index (χ2n) is 5.45. The van der Waals surface area contributed by atoms with Gasteiger partial charge in [0.15, 0.2) is 5.41 Å². The van der Waals surface area contributed by atoms with E-state index in [2.05, 4.69) is 6.58 Å². The number of carbonyl (C=O) groups is 3. The van der Waals surface area contributed by atoms with E-state index in [4.69, 9.17) is 9.47 Å². The number of allylic oxidation sites excluding steroid dienone is 1. The number of methoxy groups -OCH3 is 2. The largest absolute Gasteiger partial charge is 0.468 e. The fraction of sp³-hybridized carbons (Fsp3) is 0.643. The molecule has 2 saturated carbocycles. The van der Waals surface area contributed by atoms with Gasteiger partial charge in [0, 0.05) is 12.3 Å². The Hall–Kier alpha value is -1.65. The molecule has 2 fully saturated rings. The zero-order chi connectivity index (χ0) is 14.4. The summed E-state index contributed by atoms with van der Waals surface area (Å²) in [6, 6.07) is 0. The summed E-state index contributed by atoms with van der Waals surface area (Å²) in [5.41, 5.74) is -1.61. The molecule has 19 heavy (non-hydrogen) atoms. The summed E-state index contributed by atoms with van der Waals surface area (Å²) >= 11 is 0. The first-order valence-electron chi connectivity index (χ1n) is 6.24. The van der Waals surface area contributed by atoms with Crippen molar-refractivity contribution in [3.8, 4) is 0 Å². The lowest BCUT2D eigenvalue weighted by atomic mass is 9.70. The summed E-state index contributed by atoms with van der Waals surface area (Å²) in [7, 11) is 2.48. The maximum absolute atomic E-state index is 12.2. The van der Waals surface area contributed by atoms with Crippen LogP contribution in [0.25, 0.3) is 0 Å². The molecule has 0 radical (unpaired) electrons. The van der Waals surface area contributed by atoms with Gasteiger partial charge in [-0.2, -0.15) is 0 Å². The van der Waals surface area contributed by atoms with Crippen LogP contribution in [0.2, 0.25) is 0 Å². The number of ketones is 1. The van der Waals surface area contributed by atoms with E-state index in [0.717, 1.165) is 0 Å². The lowest BCUT2D eigenvalue weighted by Crippen LogP contribution is -2.46. The maximum Gasteiger partial charge on any atom is 0.323 e. The van der Waals surface area contributed by atoms with Crippen molar-refractivity contribution in [3.63, 3.8) is 0 Å². The van der Waals surface area contributed by atoms with Gasteiger partial charge in [-0.15, -0.1) is 0 Å². The number of ether oxygens (including phenoxy) is 2. The molecule has 2 rings (SSSR count). The average molecular weight is 266 g/mol. The fourth-order valence-corrected chi connectivity index (χ4v) is 3.72. The number of Topliss-reactive ketones (excluding diaryl/α,β-unsaturated/α-hetero) is 1. The first kappa shape index (κ1) is 13.8. The van der Waals surface area contributed by atoms with Crippen LogP contribution in [-0.2, 0) is 23.9 Å². The summed E-state index contributed by atoms with van der Waals surface area (Å²) in [4.78, 5) is 36.5. The van der Waals surface area contributed by atoms with Crippen LogP contribution in [0.15, 0.2) is 12.2 Å². The third kappa shape index (κ3) is 1.44. The molecule has 2 aliphatic rings. The summed E-state index contributed by atoms with van der Waals surface area (Å²) in [5, 5.41) is 0. The highest BCUT2D eigenvalue weighted by Gasteiger charge is 2.70. The third-order valence-corrected chi connectivity index (χ3v) is 4.86. The zero-order valence-corrected chi connectivity index (χ0v) is 11.4. The minimum atomic E-state index is -1.42. The summed E-state index contributed by atoms with van der Waals surface area (Å²) in [5.74, 6) is -1.65. The van der Waals surface area contributed by atoms with E-state index < -0.39 is 28.7 Å². The van der Waals surface area contributed by atoms with Gasteiger partial charge < -0.3 is 9.47 Å². The van der Waals surface area contributed by atoms with E-state index in [9.17, 15) is 14.4 Å². The predicted molar refractivity (Wildman–Crippen MR) is 66.1 cm³/mol. The lowest BCUT2D eigenvalue weighted by molar-refractivity contribution is -0.173. The predicted octanol–water partition coefficient (Wildman–Crippen LogP) is 1.26. The van der Waals surface area contributed by atoms with Crippen molar-refractivity contribution in [1.29, 1.82) is 0 Å². The molecule has 0 heterocycles. The first-order valence-corrected chi connectivity index (χ1v) is 6.24. The number of carbonyl (C=O) groups excluding carboxylic acids is 3. The second kappa shape index (κ2) is 4.18. The number of rotatable bonds is 2. The minimum absolute atomic E-state index is 0.0391. The van der Waals surface area contributed by atoms with Crippen molar-refractivity contribution in [2.24, 2.45) is 16.7 Å². The normalized spacial score (nSPS) is 32.1. The van der Waals surface area contributed by atoms with Gasteiger partial charge in [-0.05, 0) is 19.8 Å². The molecule has 5 nitrogen and oxygen atoms in total. The molecule has 0 aliphatic heterocycles. The van der Waals surface area contributed by atoms with Gasteiger partial charge in [0.1, 0.15) is 5.78 Å². The average Bonchev–Trinajstić information content (AvgIpc) is 2.83. The molecule has 5 heteroatoms. The zero-order valence-electron chi connectivity index (χ0n) is 11.4. The second-order valence-corrected chi connectivity index (χ2v) is 5.45. The van der Waals surface area contributed by atoms with E-state index >= 15 is 0 Å². The van der Waals surface area contributed by atoms with Crippen LogP contribution in [0, 0.1) is 16.7 Å². The summed E-state index contributed by atoms with van der Waals surface area (Å²) in [6.45, 7) is 5.68. The molecular formula is C14H18O5. The van der Waals surface area contributed by atoms with Crippen molar-refractivity contribution in [1.82, 2.24) is 0 Å². The molecule has 0 aromatic rings. The van der Waals surface area contributed by atoms with Crippen LogP contribution < -0.4 is 0 Å².